The maximum atomic E-state index is 12.4. The van der Waals surface area contributed by atoms with Crippen LogP contribution in [-0.2, 0) is 0 Å². The van der Waals surface area contributed by atoms with Gasteiger partial charge in [-0.1, -0.05) is 0 Å². The molecule has 1 amide bonds. The second kappa shape index (κ2) is 6.17. The number of hydrogen-bond donors (Lipinski definition) is 0. The maximum absolute atomic E-state index is 12.4. The molecule has 20 heavy (non-hydrogen) atoms. The van der Waals surface area contributed by atoms with Crippen molar-refractivity contribution in [2.24, 2.45) is 5.92 Å². The number of carbonyl (C=O) groups is 1. The van der Waals surface area contributed by atoms with Crippen LogP contribution in [0.4, 0.5) is 5.69 Å². The summed E-state index contributed by atoms with van der Waals surface area (Å²) in [6, 6.07) is 6.43. The zero-order valence-electron chi connectivity index (χ0n) is 10.6. The Morgan fingerprint density at radius 2 is 2.30 bits per heavy atom. The summed E-state index contributed by atoms with van der Waals surface area (Å²) in [4.78, 5) is 24.3. The van der Waals surface area contributed by atoms with Gasteiger partial charge in [-0.3, -0.25) is 14.9 Å². The third kappa shape index (κ3) is 3.07. The number of hydrogen-bond acceptors (Lipinski definition) is 4. The van der Waals surface area contributed by atoms with E-state index in [0.29, 0.717) is 22.2 Å². The summed E-state index contributed by atoms with van der Waals surface area (Å²) in [5, 5.41) is 19.8. The second-order valence-corrected chi connectivity index (χ2v) is 5.80. The molecule has 1 saturated heterocycles. The van der Waals surface area contributed by atoms with E-state index < -0.39 is 4.92 Å². The molecule has 6 nitrogen and oxygen atoms in total. The molecule has 0 aliphatic carbocycles. The number of piperidine rings is 1. The minimum atomic E-state index is -0.513. The summed E-state index contributed by atoms with van der Waals surface area (Å²) >= 11 is 1.99. The van der Waals surface area contributed by atoms with E-state index in [1.165, 1.54) is 12.1 Å². The Balaban J connectivity index is 2.26. The van der Waals surface area contributed by atoms with Crippen LogP contribution in [0, 0.1) is 30.9 Å². The number of amides is 1. The number of nitro benzene ring substituents is 1. The molecule has 1 fully saturated rings. The topological polar surface area (TPSA) is 87.2 Å². The first kappa shape index (κ1) is 14.7. The third-order valence-electron chi connectivity index (χ3n) is 3.28. The van der Waals surface area contributed by atoms with Crippen molar-refractivity contribution in [2.75, 3.05) is 13.1 Å². The molecule has 7 heteroatoms. The van der Waals surface area contributed by atoms with E-state index in [2.05, 4.69) is 6.07 Å². The van der Waals surface area contributed by atoms with Crippen molar-refractivity contribution in [1.29, 1.82) is 5.26 Å². The van der Waals surface area contributed by atoms with Gasteiger partial charge in [-0.05, 0) is 41.5 Å². The molecule has 2 rings (SSSR count). The number of non-ortho nitro benzene ring substituents is 1. The van der Waals surface area contributed by atoms with Crippen LogP contribution in [0.1, 0.15) is 23.2 Å². The highest BCUT2D eigenvalue weighted by atomic mass is 127. The molecule has 1 aromatic rings. The highest BCUT2D eigenvalue weighted by Gasteiger charge is 2.26. The SMILES string of the molecule is N#CC1CCCN(C(=O)c2cc([N+](=O)[O-])ccc2I)C1. The van der Waals surface area contributed by atoms with Crippen molar-refractivity contribution in [3.05, 3.63) is 37.4 Å². The van der Waals surface area contributed by atoms with E-state index in [-0.39, 0.29) is 17.5 Å². The minimum absolute atomic E-state index is 0.0948. The number of nitriles is 1. The highest BCUT2D eigenvalue weighted by Crippen LogP contribution is 2.23. The molecule has 1 aliphatic heterocycles. The number of nitrogens with zero attached hydrogens (tertiary/aromatic N) is 3. The monoisotopic (exact) mass is 385 g/mol. The van der Waals surface area contributed by atoms with E-state index in [4.69, 9.17) is 5.26 Å². The van der Waals surface area contributed by atoms with E-state index >= 15 is 0 Å². The van der Waals surface area contributed by atoms with Gasteiger partial charge in [-0.25, -0.2) is 0 Å². The maximum Gasteiger partial charge on any atom is 0.270 e. The predicted octanol–water partition coefficient (Wildman–Crippen LogP) is 2.58. The summed E-state index contributed by atoms with van der Waals surface area (Å²) in [5.74, 6) is -0.387. The van der Waals surface area contributed by atoms with Crippen LogP contribution in [-0.4, -0.2) is 28.8 Å². The number of rotatable bonds is 2. The fourth-order valence-electron chi connectivity index (χ4n) is 2.23. The fraction of sp³-hybridized carbons (Fsp3) is 0.385. The fourth-order valence-corrected chi connectivity index (χ4v) is 2.79. The molecule has 0 aromatic heterocycles. The van der Waals surface area contributed by atoms with Gasteiger partial charge in [-0.15, -0.1) is 0 Å². The molecule has 1 unspecified atom stereocenters. The van der Waals surface area contributed by atoms with Crippen molar-refractivity contribution in [1.82, 2.24) is 4.90 Å². The second-order valence-electron chi connectivity index (χ2n) is 4.64. The normalized spacial score (nSPS) is 18.4. The first-order chi connectivity index (χ1) is 9.52. The Kier molecular flexibility index (Phi) is 4.54. The van der Waals surface area contributed by atoms with Gasteiger partial charge in [0.05, 0.1) is 22.5 Å². The van der Waals surface area contributed by atoms with E-state index in [9.17, 15) is 14.9 Å². The summed E-state index contributed by atoms with van der Waals surface area (Å²) in [5.41, 5.74) is 0.237. The molecule has 0 bridgehead atoms. The largest absolute Gasteiger partial charge is 0.337 e. The van der Waals surface area contributed by atoms with Crippen LogP contribution in [0.2, 0.25) is 0 Å². The van der Waals surface area contributed by atoms with Crippen molar-refractivity contribution >= 4 is 34.2 Å². The molecule has 1 heterocycles. The van der Waals surface area contributed by atoms with Gasteiger partial charge in [0.1, 0.15) is 0 Å². The summed E-state index contributed by atoms with van der Waals surface area (Å²) in [7, 11) is 0. The molecule has 0 N–H and O–H groups in total. The molecule has 104 valence electrons. The summed E-state index contributed by atoms with van der Waals surface area (Å²) in [6.45, 7) is 0.990. The van der Waals surface area contributed by atoms with Crippen molar-refractivity contribution in [3.8, 4) is 6.07 Å². The lowest BCUT2D eigenvalue weighted by Crippen LogP contribution is -2.39. The molecule has 0 saturated carbocycles. The Morgan fingerprint density at radius 1 is 1.55 bits per heavy atom. The number of carbonyl (C=O) groups excluding carboxylic acids is 1. The molecular weight excluding hydrogens is 373 g/mol. The van der Waals surface area contributed by atoms with Crippen LogP contribution in [0.25, 0.3) is 0 Å². The Hall–Kier alpha value is -1.69. The zero-order valence-corrected chi connectivity index (χ0v) is 12.7. The predicted molar refractivity (Wildman–Crippen MR) is 80.1 cm³/mol. The zero-order chi connectivity index (χ0) is 14.7. The smallest absolute Gasteiger partial charge is 0.270 e. The summed E-state index contributed by atoms with van der Waals surface area (Å²) in [6.07, 6.45) is 1.59. The number of nitro groups is 1. The lowest BCUT2D eigenvalue weighted by molar-refractivity contribution is -0.384. The van der Waals surface area contributed by atoms with E-state index in [1.54, 1.807) is 11.0 Å². The average Bonchev–Trinajstić information content (AvgIpc) is 2.46. The lowest BCUT2D eigenvalue weighted by atomic mass is 9.99. The van der Waals surface area contributed by atoms with Gasteiger partial charge < -0.3 is 4.90 Å². The first-order valence-corrected chi connectivity index (χ1v) is 7.23. The summed E-state index contributed by atoms with van der Waals surface area (Å²) < 4.78 is 0.678. The molecule has 0 spiro atoms. The van der Waals surface area contributed by atoms with Gasteiger partial charge >= 0.3 is 0 Å². The van der Waals surface area contributed by atoms with Gasteiger partial charge in [0, 0.05) is 28.8 Å². The molecule has 0 radical (unpaired) electrons. The molecule has 1 aliphatic rings. The van der Waals surface area contributed by atoms with Gasteiger partial charge in [0.2, 0.25) is 0 Å². The van der Waals surface area contributed by atoms with Gasteiger partial charge in [0.15, 0.2) is 0 Å². The Bertz CT molecular complexity index is 597. The molecule has 1 atom stereocenters. The first-order valence-electron chi connectivity index (χ1n) is 6.15. The lowest BCUT2D eigenvalue weighted by Gasteiger charge is -2.29. The molecular formula is C13H12IN3O3. The standard InChI is InChI=1S/C13H12IN3O3/c14-12-4-3-10(17(19)20)6-11(12)13(18)16-5-1-2-9(7-15)8-16/h3-4,6,9H,1-2,5,8H2. The number of likely N-dealkylation sites (tertiary alicyclic amines) is 1. The minimum Gasteiger partial charge on any atom is -0.337 e. The van der Waals surface area contributed by atoms with Crippen molar-refractivity contribution in [3.63, 3.8) is 0 Å². The van der Waals surface area contributed by atoms with Crippen LogP contribution in [0.15, 0.2) is 18.2 Å². The Morgan fingerprint density at radius 3 is 2.95 bits per heavy atom. The van der Waals surface area contributed by atoms with Gasteiger partial charge in [-0.2, -0.15) is 5.26 Å². The van der Waals surface area contributed by atoms with Gasteiger partial charge in [0.25, 0.3) is 11.6 Å². The third-order valence-corrected chi connectivity index (χ3v) is 4.22. The number of benzene rings is 1. The van der Waals surface area contributed by atoms with Crippen LogP contribution < -0.4 is 0 Å². The van der Waals surface area contributed by atoms with Crippen LogP contribution >= 0.6 is 22.6 Å². The quantitative estimate of drug-likeness (QED) is 0.445. The van der Waals surface area contributed by atoms with Crippen LogP contribution in [0.5, 0.6) is 0 Å². The van der Waals surface area contributed by atoms with Crippen LogP contribution in [0.3, 0.4) is 0 Å². The molecule has 1 aromatic carbocycles. The number of halogens is 1. The Labute approximate surface area is 129 Å². The van der Waals surface area contributed by atoms with Crippen molar-refractivity contribution in [2.45, 2.75) is 12.8 Å². The highest BCUT2D eigenvalue weighted by molar-refractivity contribution is 14.1. The average molecular weight is 385 g/mol. The van der Waals surface area contributed by atoms with E-state index in [1.807, 2.05) is 22.6 Å². The van der Waals surface area contributed by atoms with E-state index in [0.717, 1.165) is 12.8 Å². The van der Waals surface area contributed by atoms with Crippen molar-refractivity contribution < 1.29 is 9.72 Å².